The first kappa shape index (κ1) is 24.4. The monoisotopic (exact) mass is 553 g/mol. The molecule has 2 unspecified atom stereocenters. The van der Waals surface area contributed by atoms with E-state index in [9.17, 15) is 9.90 Å². The summed E-state index contributed by atoms with van der Waals surface area (Å²) in [5.41, 5.74) is 4.44. The van der Waals surface area contributed by atoms with Gasteiger partial charge in [-0.1, -0.05) is 64.2 Å². The number of carboxylic acid groups (broad SMARTS) is 1. The summed E-state index contributed by atoms with van der Waals surface area (Å²) in [7, 11) is 0. The number of aromatic carboxylic acids is 1. The molecule has 2 atom stereocenters. The third kappa shape index (κ3) is 4.84. The van der Waals surface area contributed by atoms with E-state index >= 15 is 0 Å². The summed E-state index contributed by atoms with van der Waals surface area (Å²) in [5, 5.41) is 15.2. The van der Waals surface area contributed by atoms with Crippen molar-refractivity contribution in [2.24, 2.45) is 0 Å². The molecular formula is C29H22Cl3NO4. The fraction of sp³-hybridized carbons (Fsp3) is 0.241. The van der Waals surface area contributed by atoms with Crippen LogP contribution in [0.3, 0.4) is 0 Å². The first-order valence-electron chi connectivity index (χ1n) is 12.1. The fourth-order valence-corrected chi connectivity index (χ4v) is 5.80. The van der Waals surface area contributed by atoms with Crippen molar-refractivity contribution in [2.75, 3.05) is 0 Å². The molecule has 0 saturated heterocycles. The molecule has 0 bridgehead atoms. The lowest BCUT2D eigenvalue weighted by Gasteiger charge is -2.11. The van der Waals surface area contributed by atoms with Gasteiger partial charge in [-0.3, -0.25) is 0 Å². The maximum atomic E-state index is 11.3. The van der Waals surface area contributed by atoms with Crippen LogP contribution >= 0.6 is 34.8 Å². The molecule has 8 heteroatoms. The zero-order chi connectivity index (χ0) is 25.7. The molecule has 1 N–H and O–H groups in total. The number of ether oxygens (including phenoxy) is 1. The normalized spacial score (nSPS) is 18.6. The zero-order valence-corrected chi connectivity index (χ0v) is 21.9. The van der Waals surface area contributed by atoms with Gasteiger partial charge in [0.2, 0.25) is 0 Å². The number of carboxylic acids is 1. The van der Waals surface area contributed by atoms with Gasteiger partial charge < -0.3 is 14.4 Å². The number of hydrogen-bond donors (Lipinski definition) is 1. The highest BCUT2D eigenvalue weighted by atomic mass is 35.5. The van der Waals surface area contributed by atoms with Gasteiger partial charge in [0.1, 0.15) is 23.8 Å². The number of aromatic nitrogens is 1. The van der Waals surface area contributed by atoms with Crippen LogP contribution in [-0.2, 0) is 6.61 Å². The molecule has 2 aliphatic rings. The fourth-order valence-electron chi connectivity index (χ4n) is 4.91. The molecule has 2 fully saturated rings. The molecule has 37 heavy (non-hydrogen) atoms. The highest BCUT2D eigenvalue weighted by molar-refractivity contribution is 6.39. The van der Waals surface area contributed by atoms with Gasteiger partial charge in [0, 0.05) is 16.5 Å². The smallest absolute Gasteiger partial charge is 0.335 e. The molecule has 0 radical (unpaired) electrons. The third-order valence-corrected chi connectivity index (χ3v) is 8.03. The zero-order valence-electron chi connectivity index (χ0n) is 19.6. The highest BCUT2D eigenvalue weighted by Gasteiger charge is 2.41. The minimum atomic E-state index is -0.920. The number of nitrogens with zero attached hydrogens (tertiary/aromatic N) is 1. The van der Waals surface area contributed by atoms with Crippen molar-refractivity contribution in [3.8, 4) is 17.0 Å². The first-order chi connectivity index (χ1) is 17.9. The average molecular weight is 555 g/mol. The maximum Gasteiger partial charge on any atom is 0.335 e. The average Bonchev–Trinajstić information content (AvgIpc) is 3.81. The van der Waals surface area contributed by atoms with Crippen LogP contribution in [0.25, 0.3) is 11.3 Å². The van der Waals surface area contributed by atoms with E-state index in [0.717, 1.165) is 41.7 Å². The van der Waals surface area contributed by atoms with Crippen molar-refractivity contribution in [2.45, 2.75) is 43.6 Å². The van der Waals surface area contributed by atoms with Crippen LogP contribution < -0.4 is 4.74 Å². The Kier molecular flexibility index (Phi) is 6.39. The van der Waals surface area contributed by atoms with Crippen LogP contribution in [0, 0.1) is 0 Å². The summed E-state index contributed by atoms with van der Waals surface area (Å²) >= 11 is 19.6. The van der Waals surface area contributed by atoms with E-state index in [0.29, 0.717) is 43.6 Å². The Morgan fingerprint density at radius 2 is 1.73 bits per heavy atom. The van der Waals surface area contributed by atoms with E-state index in [1.54, 1.807) is 36.4 Å². The number of halogens is 3. The minimum absolute atomic E-state index is 0.246. The third-order valence-electron chi connectivity index (χ3n) is 7.07. The van der Waals surface area contributed by atoms with Gasteiger partial charge in [-0.15, -0.1) is 0 Å². The SMILES string of the molecule is O=C(O)c1cccc(C2CC2c2ccc(OCc3c(-c4c(Cl)cccc4Cl)noc3C3CC3)cc2Cl)c1. The number of hydrogen-bond acceptors (Lipinski definition) is 4. The second-order valence-electron chi connectivity index (χ2n) is 9.60. The quantitative estimate of drug-likeness (QED) is 0.236. The van der Waals surface area contributed by atoms with Gasteiger partial charge >= 0.3 is 5.97 Å². The lowest BCUT2D eigenvalue weighted by atomic mass is 10.0. The molecule has 3 aromatic carbocycles. The van der Waals surface area contributed by atoms with Crippen LogP contribution in [0.5, 0.6) is 5.75 Å². The van der Waals surface area contributed by atoms with E-state index in [4.69, 9.17) is 44.1 Å². The topological polar surface area (TPSA) is 72.6 Å². The summed E-state index contributed by atoms with van der Waals surface area (Å²) in [6, 6.07) is 18.2. The molecule has 2 aliphatic carbocycles. The Morgan fingerprint density at radius 1 is 0.973 bits per heavy atom. The summed E-state index contributed by atoms with van der Waals surface area (Å²) in [4.78, 5) is 11.3. The maximum absolute atomic E-state index is 11.3. The van der Waals surface area contributed by atoms with Crippen LogP contribution in [0.2, 0.25) is 15.1 Å². The van der Waals surface area contributed by atoms with Gasteiger partial charge in [-0.2, -0.15) is 0 Å². The molecule has 1 heterocycles. The largest absolute Gasteiger partial charge is 0.489 e. The molecule has 0 spiro atoms. The second kappa shape index (κ2) is 9.71. The lowest BCUT2D eigenvalue weighted by Crippen LogP contribution is -2.00. The van der Waals surface area contributed by atoms with Crippen molar-refractivity contribution >= 4 is 40.8 Å². The number of carbonyl (C=O) groups is 1. The Labute approximate surface area is 228 Å². The molecule has 1 aromatic heterocycles. The molecule has 5 nitrogen and oxygen atoms in total. The summed E-state index contributed by atoms with van der Waals surface area (Å²) in [5.74, 6) is 1.37. The molecule has 0 aliphatic heterocycles. The van der Waals surface area contributed by atoms with Crippen LogP contribution in [-0.4, -0.2) is 16.2 Å². The van der Waals surface area contributed by atoms with E-state index in [1.807, 2.05) is 24.3 Å². The number of benzene rings is 3. The molecule has 4 aromatic rings. The molecule has 2 saturated carbocycles. The highest BCUT2D eigenvalue weighted by Crippen LogP contribution is 2.56. The van der Waals surface area contributed by atoms with Gasteiger partial charge in [-0.25, -0.2) is 4.79 Å². The predicted molar refractivity (Wildman–Crippen MR) is 143 cm³/mol. The molecule has 188 valence electrons. The van der Waals surface area contributed by atoms with E-state index in [2.05, 4.69) is 5.16 Å². The Hall–Kier alpha value is -2.99. The van der Waals surface area contributed by atoms with Crippen molar-refractivity contribution < 1.29 is 19.2 Å². The Morgan fingerprint density at radius 3 is 2.43 bits per heavy atom. The molecular weight excluding hydrogens is 533 g/mol. The van der Waals surface area contributed by atoms with E-state index in [-0.39, 0.29) is 18.4 Å². The van der Waals surface area contributed by atoms with Gasteiger partial charge in [0.25, 0.3) is 0 Å². The van der Waals surface area contributed by atoms with Crippen molar-refractivity contribution in [1.82, 2.24) is 5.16 Å². The first-order valence-corrected chi connectivity index (χ1v) is 13.2. The van der Waals surface area contributed by atoms with Gasteiger partial charge in [0.15, 0.2) is 0 Å². The predicted octanol–water partition coefficient (Wildman–Crippen LogP) is 8.73. The van der Waals surface area contributed by atoms with E-state index < -0.39 is 5.97 Å². The van der Waals surface area contributed by atoms with Crippen molar-refractivity contribution in [3.05, 3.63) is 104 Å². The van der Waals surface area contributed by atoms with Crippen molar-refractivity contribution in [1.29, 1.82) is 0 Å². The van der Waals surface area contributed by atoms with Crippen molar-refractivity contribution in [3.63, 3.8) is 0 Å². The van der Waals surface area contributed by atoms with Gasteiger partial charge in [-0.05, 0) is 78.6 Å². The van der Waals surface area contributed by atoms with E-state index in [1.165, 1.54) is 0 Å². The Balaban J connectivity index is 1.21. The molecule has 0 amide bonds. The van der Waals surface area contributed by atoms with Crippen LogP contribution in [0.1, 0.15) is 69.8 Å². The minimum Gasteiger partial charge on any atom is -0.489 e. The molecule has 6 rings (SSSR count). The van der Waals surface area contributed by atoms with Gasteiger partial charge in [0.05, 0.1) is 21.2 Å². The number of rotatable bonds is 8. The Bertz CT molecular complexity index is 1490. The second-order valence-corrected chi connectivity index (χ2v) is 10.8. The van der Waals surface area contributed by atoms with Crippen LogP contribution in [0.15, 0.2) is 65.2 Å². The lowest BCUT2D eigenvalue weighted by molar-refractivity contribution is 0.0696. The van der Waals surface area contributed by atoms with Crippen LogP contribution in [0.4, 0.5) is 0 Å². The summed E-state index contributed by atoms with van der Waals surface area (Å²) < 4.78 is 11.9. The summed E-state index contributed by atoms with van der Waals surface area (Å²) in [6.45, 7) is 0.246. The summed E-state index contributed by atoms with van der Waals surface area (Å²) in [6.07, 6.45) is 3.03. The standard InChI is InChI=1S/C29H22Cl3NO4/c30-23-5-2-6-24(31)26(23)27-22(28(37-33-27)15-7-8-15)14-36-18-9-10-19(25(32)12-18)21-13-20(21)16-3-1-4-17(11-16)29(34)35/h1-6,9-12,15,20-21H,7-8,13-14H2,(H,34,35).